The van der Waals surface area contributed by atoms with E-state index in [1.807, 2.05) is 0 Å². The Hall–Kier alpha value is -1.36. The third-order valence-electron chi connectivity index (χ3n) is 4.25. The molecule has 33 heavy (non-hydrogen) atoms. The lowest BCUT2D eigenvalue weighted by Gasteiger charge is -2.37. The van der Waals surface area contributed by atoms with Crippen molar-refractivity contribution in [3.8, 4) is 0 Å². The van der Waals surface area contributed by atoms with E-state index in [0.29, 0.717) is 0 Å². The topological polar surface area (TPSA) is 279 Å². The van der Waals surface area contributed by atoms with Crippen LogP contribution in [0.25, 0.3) is 11.2 Å². The third kappa shape index (κ3) is 6.83. The van der Waals surface area contributed by atoms with E-state index >= 15 is 0 Å². The molecule has 2 aromatic rings. The average molecular weight is 537 g/mol. The summed E-state index contributed by atoms with van der Waals surface area (Å²) in [7, 11) is -15.7. The van der Waals surface area contributed by atoms with Gasteiger partial charge in [0.15, 0.2) is 17.2 Å². The number of aliphatic hydroxyl groups excluding tert-OH is 1. The summed E-state index contributed by atoms with van der Waals surface area (Å²) in [6.45, 7) is 0.474. The Balaban J connectivity index is 2.23. The van der Waals surface area contributed by atoms with Crippen molar-refractivity contribution in [1.29, 1.82) is 0 Å². The van der Waals surface area contributed by atoms with Crippen LogP contribution in [0.2, 0.25) is 0 Å². The number of ether oxygens (including phenoxy) is 1. The molecule has 188 valence electrons. The summed E-state index contributed by atoms with van der Waals surface area (Å²) in [5.41, 5.74) is 3.71. The fourth-order valence-corrected chi connectivity index (χ4v) is 5.74. The Morgan fingerprint density at radius 3 is 2.30 bits per heavy atom. The lowest BCUT2D eigenvalue weighted by atomic mass is 9.98. The lowest BCUT2D eigenvalue weighted by molar-refractivity contribution is -0.185. The molecular weight excluding hydrogens is 515 g/mol. The molecule has 0 radical (unpaired) electrons. The van der Waals surface area contributed by atoms with Crippen molar-refractivity contribution >= 4 is 40.4 Å². The van der Waals surface area contributed by atoms with Crippen LogP contribution in [0, 0.1) is 0 Å². The number of hydrogen-bond acceptors (Lipinski definition) is 13. The molecular formula is C12H22N5O13P3. The standard InChI is InChI=1S/C12H22N5O13P3/c1-3-12(19,17-6-16-8-10(13)14-5-15-11(8)17)9(18)7(27-2)4-28-32(23,24)30-33(25,26)29-31(20,21)22/h5-7,9,18-19H,3-4H2,1-2H3,(H,23,24)(H,25,26)(H2,13,14,15)(H2,20,21,22)/t7-,9+,12+/m0/s1. The SMILES string of the molecule is CC[C@@](O)([C@H](O)[C@H](COP(=O)(O)OP(=O)(O)OP(=O)(O)O)OC)n1cnc2c(N)ncnc21. The molecule has 0 fully saturated rings. The van der Waals surface area contributed by atoms with Crippen LogP contribution in [0.5, 0.6) is 0 Å². The van der Waals surface area contributed by atoms with Gasteiger partial charge in [-0.1, -0.05) is 6.92 Å². The van der Waals surface area contributed by atoms with Crippen molar-refractivity contribution in [2.75, 3.05) is 19.5 Å². The van der Waals surface area contributed by atoms with Crippen LogP contribution < -0.4 is 5.73 Å². The number of nitrogen functional groups attached to an aromatic ring is 1. The van der Waals surface area contributed by atoms with Crippen LogP contribution in [0.3, 0.4) is 0 Å². The number of rotatable bonds is 12. The number of fused-ring (bicyclic) bond motifs is 1. The Kier molecular flexibility index (Phi) is 8.53. The van der Waals surface area contributed by atoms with Crippen LogP contribution in [-0.2, 0) is 37.3 Å². The molecule has 2 heterocycles. The molecule has 0 saturated carbocycles. The molecule has 0 aliphatic heterocycles. The van der Waals surface area contributed by atoms with Gasteiger partial charge in [-0.3, -0.25) is 9.09 Å². The van der Waals surface area contributed by atoms with E-state index in [9.17, 15) is 33.7 Å². The number of nitrogens with two attached hydrogens (primary N) is 1. The van der Waals surface area contributed by atoms with Gasteiger partial charge in [0.1, 0.15) is 24.1 Å². The van der Waals surface area contributed by atoms with E-state index in [0.717, 1.165) is 24.3 Å². The maximum atomic E-state index is 11.9. The first kappa shape index (κ1) is 27.9. The number of hydrogen-bond donors (Lipinski definition) is 7. The minimum atomic E-state index is -5.73. The minimum absolute atomic E-state index is 0.00245. The van der Waals surface area contributed by atoms with Gasteiger partial charge in [-0.25, -0.2) is 28.6 Å². The van der Waals surface area contributed by atoms with E-state index in [1.165, 1.54) is 6.92 Å². The zero-order valence-electron chi connectivity index (χ0n) is 17.0. The summed E-state index contributed by atoms with van der Waals surface area (Å²) in [5.74, 6) is 0.00245. The second-order valence-corrected chi connectivity index (χ2v) is 10.8. The number of imidazole rings is 1. The number of phosphoric acid groups is 3. The molecule has 0 saturated heterocycles. The summed E-state index contributed by atoms with van der Waals surface area (Å²) >= 11 is 0. The number of aliphatic hydroxyl groups is 2. The summed E-state index contributed by atoms with van der Waals surface area (Å²) < 4.78 is 51.7. The molecule has 0 amide bonds. The van der Waals surface area contributed by atoms with E-state index in [-0.39, 0.29) is 23.4 Å². The molecule has 2 unspecified atom stereocenters. The normalized spacial score (nSPS) is 20.0. The van der Waals surface area contributed by atoms with Gasteiger partial charge in [-0.15, -0.1) is 0 Å². The van der Waals surface area contributed by atoms with E-state index < -0.39 is 48.0 Å². The van der Waals surface area contributed by atoms with Crippen molar-refractivity contribution in [2.45, 2.75) is 31.3 Å². The maximum absolute atomic E-state index is 11.9. The Bertz CT molecular complexity index is 1120. The van der Waals surface area contributed by atoms with Crippen LogP contribution in [0.15, 0.2) is 12.7 Å². The number of phosphoric ester groups is 1. The zero-order chi connectivity index (χ0) is 25.2. The molecule has 0 aliphatic rings. The Labute approximate surface area is 185 Å². The number of aromatic nitrogens is 4. The first-order chi connectivity index (χ1) is 15.1. The smallest absolute Gasteiger partial charge is 0.385 e. The quantitative estimate of drug-likeness (QED) is 0.163. The van der Waals surface area contributed by atoms with Gasteiger partial charge >= 0.3 is 23.5 Å². The van der Waals surface area contributed by atoms with Gasteiger partial charge in [0, 0.05) is 7.11 Å². The second kappa shape index (κ2) is 10.1. The second-order valence-electron chi connectivity index (χ2n) is 6.38. The van der Waals surface area contributed by atoms with Crippen molar-refractivity contribution in [3.63, 3.8) is 0 Å². The fraction of sp³-hybridized carbons (Fsp3) is 0.583. The predicted molar refractivity (Wildman–Crippen MR) is 107 cm³/mol. The molecule has 5 atom stereocenters. The molecule has 0 aromatic carbocycles. The predicted octanol–water partition coefficient (Wildman–Crippen LogP) is -0.817. The average Bonchev–Trinajstić information content (AvgIpc) is 3.10. The number of nitrogens with zero attached hydrogens (tertiary/aromatic N) is 4. The Morgan fingerprint density at radius 2 is 1.76 bits per heavy atom. The van der Waals surface area contributed by atoms with Crippen LogP contribution >= 0.6 is 23.5 Å². The van der Waals surface area contributed by atoms with Crippen molar-refractivity contribution < 1.29 is 61.4 Å². The van der Waals surface area contributed by atoms with Gasteiger partial charge in [-0.05, 0) is 6.42 Å². The largest absolute Gasteiger partial charge is 0.490 e. The van der Waals surface area contributed by atoms with Gasteiger partial charge in [0.05, 0.1) is 12.9 Å². The minimum Gasteiger partial charge on any atom is -0.385 e. The summed E-state index contributed by atoms with van der Waals surface area (Å²) in [6, 6.07) is 0. The molecule has 2 rings (SSSR count). The van der Waals surface area contributed by atoms with Gasteiger partial charge in [0.25, 0.3) is 0 Å². The first-order valence-electron chi connectivity index (χ1n) is 8.71. The first-order valence-corrected chi connectivity index (χ1v) is 13.2. The fourth-order valence-electron chi connectivity index (χ4n) is 2.71. The number of methoxy groups -OCH3 is 1. The highest BCUT2D eigenvalue weighted by atomic mass is 31.3. The molecule has 21 heteroatoms. The molecule has 18 nitrogen and oxygen atoms in total. The van der Waals surface area contributed by atoms with Gasteiger partial charge in [0.2, 0.25) is 0 Å². The monoisotopic (exact) mass is 537 g/mol. The van der Waals surface area contributed by atoms with E-state index in [4.69, 9.17) is 20.3 Å². The third-order valence-corrected chi connectivity index (χ3v) is 8.05. The lowest BCUT2D eigenvalue weighted by Crippen LogP contribution is -2.52. The zero-order valence-corrected chi connectivity index (χ0v) is 19.7. The van der Waals surface area contributed by atoms with Crippen LogP contribution in [0.4, 0.5) is 5.82 Å². The van der Waals surface area contributed by atoms with Crippen LogP contribution in [0.1, 0.15) is 13.3 Å². The van der Waals surface area contributed by atoms with Gasteiger partial charge < -0.3 is 40.3 Å². The maximum Gasteiger partial charge on any atom is 0.490 e. The molecule has 0 spiro atoms. The summed E-state index contributed by atoms with van der Waals surface area (Å²) in [6.07, 6.45) is -1.39. The van der Waals surface area contributed by atoms with E-state index in [1.54, 1.807) is 0 Å². The van der Waals surface area contributed by atoms with Crippen molar-refractivity contribution in [3.05, 3.63) is 12.7 Å². The van der Waals surface area contributed by atoms with E-state index in [2.05, 4.69) is 28.1 Å². The van der Waals surface area contributed by atoms with Crippen molar-refractivity contribution in [1.82, 2.24) is 19.5 Å². The Morgan fingerprint density at radius 1 is 1.12 bits per heavy atom. The number of anilines is 1. The highest BCUT2D eigenvalue weighted by molar-refractivity contribution is 7.66. The molecule has 2 aromatic heterocycles. The van der Waals surface area contributed by atoms with Crippen LogP contribution in [-0.4, -0.2) is 75.2 Å². The highest BCUT2D eigenvalue weighted by Crippen LogP contribution is 2.66. The highest BCUT2D eigenvalue weighted by Gasteiger charge is 2.45. The summed E-state index contributed by atoms with van der Waals surface area (Å²) in [4.78, 5) is 47.6. The molecule has 8 N–H and O–H groups in total. The van der Waals surface area contributed by atoms with Gasteiger partial charge in [-0.2, -0.15) is 8.62 Å². The van der Waals surface area contributed by atoms with Crippen molar-refractivity contribution in [2.24, 2.45) is 0 Å². The summed E-state index contributed by atoms with van der Waals surface area (Å²) in [5, 5.41) is 22.0. The molecule has 0 bridgehead atoms. The molecule has 0 aliphatic carbocycles.